The normalized spacial score (nSPS) is 9.60. The predicted octanol–water partition coefficient (Wildman–Crippen LogP) is -0.0405. The third-order valence-electron chi connectivity index (χ3n) is 0.272. The van der Waals surface area contributed by atoms with E-state index in [1.54, 1.807) is 0 Å². The Morgan fingerprint density at radius 2 is 1.80 bits per heavy atom. The van der Waals surface area contributed by atoms with Crippen LogP contribution in [0.1, 0.15) is 13.8 Å². The van der Waals surface area contributed by atoms with Crippen LogP contribution in [0, 0.1) is 0 Å². The molecule has 0 aliphatic rings. The van der Waals surface area contributed by atoms with E-state index in [2.05, 4.69) is 0 Å². The van der Waals surface area contributed by atoms with Crippen molar-refractivity contribution in [2.24, 2.45) is 0 Å². The summed E-state index contributed by atoms with van der Waals surface area (Å²) < 4.78 is 4.92. The average molecular weight is 270 g/mol. The van der Waals surface area contributed by atoms with Gasteiger partial charge in [0.15, 0.2) is 0 Å². The van der Waals surface area contributed by atoms with Crippen molar-refractivity contribution in [1.82, 2.24) is 0 Å². The molecule has 0 spiro atoms. The van der Waals surface area contributed by atoms with E-state index in [4.69, 9.17) is 2.81 Å². The van der Waals surface area contributed by atoms with Gasteiger partial charge in [0, 0.05) is 0 Å². The summed E-state index contributed by atoms with van der Waals surface area (Å²) in [6.07, 6.45) is 0.458. The van der Waals surface area contributed by atoms with E-state index in [0.29, 0.717) is 31.3 Å². The van der Waals surface area contributed by atoms with E-state index in [0.717, 1.165) is 0 Å². The van der Waals surface area contributed by atoms with Crippen molar-refractivity contribution < 1.29 is 2.81 Å². The second-order valence-corrected chi connectivity index (χ2v) is 2.24. The van der Waals surface area contributed by atoms with Gasteiger partial charge >= 0.3 is 47.9 Å². The maximum atomic E-state index is 4.92. The van der Waals surface area contributed by atoms with Crippen LogP contribution in [0.15, 0.2) is 0 Å². The zero-order chi connectivity index (χ0) is 4.28. The molecule has 0 fully saturated rings. The van der Waals surface area contributed by atoms with Crippen LogP contribution in [0.3, 0.4) is 0 Å². The van der Waals surface area contributed by atoms with Crippen LogP contribution in [-0.2, 0) is 2.81 Å². The van der Waals surface area contributed by atoms with Crippen LogP contribution in [-0.4, -0.2) is 31.3 Å². The first-order valence-electron chi connectivity index (χ1n) is 1.63. The third-order valence-corrected chi connectivity index (χ3v) is 2.39. The fourth-order valence-electron chi connectivity index (χ4n) is 0. The molecule has 5 heavy (non-hydrogen) atoms. The molecule has 0 rings (SSSR count). The minimum absolute atomic E-state index is 0.458. The third kappa shape index (κ3) is 4.84. The zero-order valence-corrected chi connectivity index (χ0v) is 8.05. The summed E-state index contributed by atoms with van der Waals surface area (Å²) in [5.41, 5.74) is 0. The molecule has 32 valence electrons. The second-order valence-electron chi connectivity index (χ2n) is 1.18. The summed E-state index contributed by atoms with van der Waals surface area (Å²) in [6, 6.07) is 0. The monoisotopic (exact) mass is 270 g/mol. The summed E-state index contributed by atoms with van der Waals surface area (Å²) in [7, 11) is 0. The minimum atomic E-state index is 0.458. The quantitative estimate of drug-likeness (QED) is 0.607. The Hall–Kier alpha value is 0.843. The maximum absolute atomic E-state index is 4.92. The molecule has 0 aliphatic heterocycles. The van der Waals surface area contributed by atoms with Crippen LogP contribution >= 0.6 is 0 Å². The van der Waals surface area contributed by atoms with Gasteiger partial charge in [-0.3, -0.25) is 0 Å². The Bertz CT molecular complexity index is 20.9. The summed E-state index contributed by atoms with van der Waals surface area (Å²) in [4.78, 5) is 0. The topological polar surface area (TPSA) is 9.23 Å². The van der Waals surface area contributed by atoms with Gasteiger partial charge in [0.1, 0.15) is 0 Å². The molecule has 0 saturated heterocycles. The summed E-state index contributed by atoms with van der Waals surface area (Å²) in [5, 5.41) is 0. The van der Waals surface area contributed by atoms with Crippen molar-refractivity contribution in [1.29, 1.82) is 0 Å². The van der Waals surface area contributed by atoms with Crippen molar-refractivity contribution >= 4 is 25.2 Å². The molecule has 0 saturated carbocycles. The number of hydrogen-bond donors (Lipinski definition) is 0. The molecule has 0 bridgehead atoms. The Kier molecular flexibility index (Phi) is 3.56. The van der Waals surface area contributed by atoms with Gasteiger partial charge in [-0.15, -0.1) is 0 Å². The predicted molar refractivity (Wildman–Crippen MR) is 24.8 cm³/mol. The van der Waals surface area contributed by atoms with Crippen molar-refractivity contribution in [2.45, 2.75) is 20.0 Å². The molecule has 0 atom stereocenters. The molecule has 0 N–H and O–H groups in total. The Labute approximate surface area is 48.2 Å². The van der Waals surface area contributed by atoms with E-state index in [1.165, 1.54) is 0 Å². The van der Waals surface area contributed by atoms with Crippen LogP contribution in [0.5, 0.6) is 0 Å². The van der Waals surface area contributed by atoms with Crippen LogP contribution < -0.4 is 0 Å². The van der Waals surface area contributed by atoms with E-state index in [1.807, 2.05) is 13.8 Å². The van der Waals surface area contributed by atoms with Gasteiger partial charge in [-0.05, 0) is 0 Å². The first-order valence-corrected chi connectivity index (χ1v) is 3.46. The van der Waals surface area contributed by atoms with E-state index >= 15 is 0 Å². The van der Waals surface area contributed by atoms with Gasteiger partial charge in [-0.1, -0.05) is 0 Å². The molecular weight excluding hydrogens is 261 g/mol. The Morgan fingerprint density at radius 1 is 1.60 bits per heavy atom. The molecule has 0 aromatic heterocycles. The van der Waals surface area contributed by atoms with Gasteiger partial charge in [0.2, 0.25) is 0 Å². The molecule has 2 heteroatoms. The van der Waals surface area contributed by atoms with Crippen molar-refractivity contribution in [2.75, 3.05) is 0 Å². The van der Waals surface area contributed by atoms with Crippen LogP contribution in [0.2, 0.25) is 0 Å². The van der Waals surface area contributed by atoms with E-state index in [9.17, 15) is 0 Å². The van der Waals surface area contributed by atoms with Crippen molar-refractivity contribution in [3.63, 3.8) is 0 Å². The summed E-state index contributed by atoms with van der Waals surface area (Å²) >= 11 is 0.708. The average Bonchev–Trinajstić information content (AvgIpc) is 1.38. The summed E-state index contributed by atoms with van der Waals surface area (Å²) in [6.45, 7) is 4.08. The SMILES string of the molecule is CC(C)[O][BiH2]. The molecule has 0 amide bonds. The van der Waals surface area contributed by atoms with E-state index in [-0.39, 0.29) is 0 Å². The molecule has 0 aromatic carbocycles. The van der Waals surface area contributed by atoms with Crippen LogP contribution in [0.4, 0.5) is 0 Å². The molecule has 1 nitrogen and oxygen atoms in total. The molecule has 0 heterocycles. The van der Waals surface area contributed by atoms with Crippen molar-refractivity contribution in [3.05, 3.63) is 0 Å². The fraction of sp³-hybridized carbons (Fsp3) is 1.00. The van der Waals surface area contributed by atoms with Gasteiger partial charge < -0.3 is 0 Å². The summed E-state index contributed by atoms with van der Waals surface area (Å²) in [5.74, 6) is 0. The standard InChI is InChI=1S/C3H7O.Bi.2H/c1-3(2)4;;;/h3H,1-2H3;;;/q-1;+1;;. The zero-order valence-electron chi connectivity index (χ0n) is 3.56. The second kappa shape index (κ2) is 3.05. The number of hydrogen-bond acceptors (Lipinski definition) is 1. The fourth-order valence-corrected chi connectivity index (χ4v) is 0. The van der Waals surface area contributed by atoms with Crippen LogP contribution in [0.25, 0.3) is 0 Å². The molecular formula is C3H9BiO. The molecule has 0 aliphatic carbocycles. The van der Waals surface area contributed by atoms with Gasteiger partial charge in [0.05, 0.1) is 0 Å². The van der Waals surface area contributed by atoms with Gasteiger partial charge in [0.25, 0.3) is 0 Å². The first-order chi connectivity index (χ1) is 2.27. The molecule has 0 aromatic rings. The van der Waals surface area contributed by atoms with Crippen molar-refractivity contribution in [3.8, 4) is 0 Å². The van der Waals surface area contributed by atoms with Gasteiger partial charge in [-0.2, -0.15) is 0 Å². The Balaban J connectivity index is 2.54. The number of rotatable bonds is 1. The molecule has 0 unspecified atom stereocenters. The van der Waals surface area contributed by atoms with Gasteiger partial charge in [-0.25, -0.2) is 0 Å². The Morgan fingerprint density at radius 3 is 1.80 bits per heavy atom. The molecule has 0 radical (unpaired) electrons. The first kappa shape index (κ1) is 5.84. The van der Waals surface area contributed by atoms with E-state index < -0.39 is 0 Å².